The van der Waals surface area contributed by atoms with Gasteiger partial charge in [0.25, 0.3) is 0 Å². The van der Waals surface area contributed by atoms with Gasteiger partial charge in [-0.15, -0.1) is 0 Å². The maximum atomic E-state index is 14.1. The molecule has 0 aliphatic carbocycles. The number of nitrogens with zero attached hydrogens (tertiary/aromatic N) is 4. The van der Waals surface area contributed by atoms with E-state index in [0.29, 0.717) is 16.7 Å². The summed E-state index contributed by atoms with van der Waals surface area (Å²) < 4.78 is 19.4. The summed E-state index contributed by atoms with van der Waals surface area (Å²) in [6, 6.07) is 11.5. The topological polar surface area (TPSA) is 53.5 Å². The minimum atomic E-state index is -0.240. The van der Waals surface area contributed by atoms with Gasteiger partial charge in [0.2, 0.25) is 0 Å². The lowest BCUT2D eigenvalue weighted by Gasteiger charge is -2.43. The molecule has 3 aromatic rings. The summed E-state index contributed by atoms with van der Waals surface area (Å²) in [5.74, 6) is 0.519. The highest BCUT2D eigenvalue weighted by atomic mass is 32.1. The average molecular weight is 426 g/mol. The van der Waals surface area contributed by atoms with Gasteiger partial charge >= 0.3 is 0 Å². The molecule has 4 heterocycles. The fourth-order valence-corrected chi connectivity index (χ4v) is 4.75. The zero-order chi connectivity index (χ0) is 20.5. The normalized spacial score (nSPS) is 17.7. The van der Waals surface area contributed by atoms with Gasteiger partial charge in [-0.1, -0.05) is 29.5 Å². The number of anilines is 3. The molecule has 2 fully saturated rings. The highest BCUT2D eigenvalue weighted by Gasteiger charge is 2.29. The quantitative estimate of drug-likeness (QED) is 0.669. The monoisotopic (exact) mass is 425 g/mol. The van der Waals surface area contributed by atoms with Crippen LogP contribution in [0.25, 0.3) is 10.4 Å². The Morgan fingerprint density at radius 1 is 1.13 bits per heavy atom. The zero-order valence-electron chi connectivity index (χ0n) is 16.8. The largest absolute Gasteiger partial charge is 0.378 e. The molecule has 0 amide bonds. The lowest BCUT2D eigenvalue weighted by atomic mass is 10.1. The van der Waals surface area contributed by atoms with Crippen LogP contribution in [-0.2, 0) is 4.74 Å². The first-order valence-corrected chi connectivity index (χ1v) is 11.0. The van der Waals surface area contributed by atoms with Crippen molar-refractivity contribution in [3.8, 4) is 10.4 Å². The number of piperazine rings is 1. The van der Waals surface area contributed by atoms with Crippen molar-refractivity contribution in [3.05, 3.63) is 54.1 Å². The van der Waals surface area contributed by atoms with Crippen molar-refractivity contribution < 1.29 is 9.13 Å². The number of thiazole rings is 1. The summed E-state index contributed by atoms with van der Waals surface area (Å²) in [7, 11) is 0. The van der Waals surface area contributed by atoms with Crippen LogP contribution in [0, 0.1) is 12.7 Å². The summed E-state index contributed by atoms with van der Waals surface area (Å²) in [6.07, 6.45) is 1.70. The maximum absolute atomic E-state index is 14.1. The average Bonchev–Trinajstić information content (AvgIpc) is 3.15. The van der Waals surface area contributed by atoms with Crippen LogP contribution in [0.3, 0.4) is 0 Å². The molecule has 30 heavy (non-hydrogen) atoms. The molecule has 2 aromatic heterocycles. The fourth-order valence-electron chi connectivity index (χ4n) is 3.90. The Hall–Kier alpha value is -2.55. The number of rotatable bonds is 5. The number of hydrogen-bond donors (Lipinski definition) is 1. The molecule has 5 rings (SSSR count). The van der Waals surface area contributed by atoms with Gasteiger partial charge in [-0.05, 0) is 19.1 Å². The first kappa shape index (κ1) is 19.4. The predicted octanol–water partition coefficient (Wildman–Crippen LogP) is 3.92. The lowest BCUT2D eigenvalue weighted by Crippen LogP contribution is -2.56. The van der Waals surface area contributed by atoms with E-state index < -0.39 is 0 Å². The van der Waals surface area contributed by atoms with E-state index in [4.69, 9.17) is 4.74 Å². The minimum absolute atomic E-state index is 0.240. The highest BCUT2D eigenvalue weighted by molar-refractivity contribution is 7.18. The number of aromatic nitrogens is 2. The highest BCUT2D eigenvalue weighted by Crippen LogP contribution is 2.32. The molecule has 1 aromatic carbocycles. The van der Waals surface area contributed by atoms with Gasteiger partial charge in [0, 0.05) is 55.4 Å². The van der Waals surface area contributed by atoms with Crippen molar-refractivity contribution in [3.63, 3.8) is 0 Å². The Labute approximate surface area is 179 Å². The van der Waals surface area contributed by atoms with E-state index >= 15 is 0 Å². The number of halogens is 1. The summed E-state index contributed by atoms with van der Waals surface area (Å²) in [4.78, 5) is 14.7. The van der Waals surface area contributed by atoms with Crippen LogP contribution in [0.1, 0.15) is 5.69 Å². The minimum Gasteiger partial charge on any atom is -0.378 e. The Bertz CT molecular complexity index is 1030. The van der Waals surface area contributed by atoms with Gasteiger partial charge in [0.05, 0.1) is 24.1 Å². The number of aryl methyl sites for hydroxylation is 1. The van der Waals surface area contributed by atoms with E-state index in [2.05, 4.69) is 37.2 Å². The number of ether oxygens (including phenoxy) is 1. The van der Waals surface area contributed by atoms with Gasteiger partial charge < -0.3 is 15.0 Å². The molecule has 2 aliphatic rings. The summed E-state index contributed by atoms with van der Waals surface area (Å²) in [5, 5.41) is 4.00. The van der Waals surface area contributed by atoms with E-state index in [1.165, 1.54) is 23.1 Å². The van der Waals surface area contributed by atoms with Gasteiger partial charge in [-0.2, -0.15) is 0 Å². The van der Waals surface area contributed by atoms with Crippen LogP contribution < -0.4 is 10.2 Å². The van der Waals surface area contributed by atoms with Crippen molar-refractivity contribution >= 4 is 28.0 Å². The Morgan fingerprint density at radius 3 is 2.67 bits per heavy atom. The third kappa shape index (κ3) is 4.03. The molecule has 1 N–H and O–H groups in total. The van der Waals surface area contributed by atoms with E-state index in [-0.39, 0.29) is 5.82 Å². The van der Waals surface area contributed by atoms with Crippen LogP contribution in [0.2, 0.25) is 0 Å². The van der Waals surface area contributed by atoms with Crippen molar-refractivity contribution in [2.24, 2.45) is 0 Å². The van der Waals surface area contributed by atoms with Crippen LogP contribution in [0.15, 0.2) is 42.6 Å². The second-order valence-corrected chi connectivity index (χ2v) is 8.73. The van der Waals surface area contributed by atoms with E-state index in [1.807, 2.05) is 13.0 Å². The second-order valence-electron chi connectivity index (χ2n) is 7.70. The van der Waals surface area contributed by atoms with E-state index in [1.54, 1.807) is 18.3 Å². The van der Waals surface area contributed by atoms with Gasteiger partial charge in [0.15, 0.2) is 5.13 Å². The third-order valence-corrected chi connectivity index (χ3v) is 6.58. The molecule has 0 radical (unpaired) electrons. The van der Waals surface area contributed by atoms with Gasteiger partial charge in [0.1, 0.15) is 11.6 Å². The molecule has 0 spiro atoms. The summed E-state index contributed by atoms with van der Waals surface area (Å²) in [6.45, 7) is 7.83. The molecule has 2 aliphatic heterocycles. The van der Waals surface area contributed by atoms with Crippen LogP contribution in [0.4, 0.5) is 21.0 Å². The smallest absolute Gasteiger partial charge is 0.188 e. The number of nitrogens with one attached hydrogen (secondary N) is 1. The molecule has 0 unspecified atom stereocenters. The standard InChI is InChI=1S/C22H24FN5OS/c1-15-10-16(27-6-8-28(9-7-27)17-13-29-14-17)11-21(25-15)26-22-24-12-20(30-22)18-4-2-3-5-19(18)23/h2-5,10-12,17H,6-9,13-14H2,1H3,(H,24,25,26). The van der Waals surface area contributed by atoms with Crippen LogP contribution >= 0.6 is 11.3 Å². The SMILES string of the molecule is Cc1cc(N2CCN(C3COC3)CC2)cc(Nc2ncc(-c3ccccc3F)s2)n1. The van der Waals surface area contributed by atoms with E-state index in [0.717, 1.165) is 55.8 Å². The summed E-state index contributed by atoms with van der Waals surface area (Å²) in [5.41, 5.74) is 2.69. The molecule has 8 heteroatoms. The van der Waals surface area contributed by atoms with Crippen molar-refractivity contribution in [1.29, 1.82) is 0 Å². The van der Waals surface area contributed by atoms with E-state index in [9.17, 15) is 4.39 Å². The first-order chi connectivity index (χ1) is 14.7. The molecular weight excluding hydrogens is 401 g/mol. The zero-order valence-corrected chi connectivity index (χ0v) is 17.7. The van der Waals surface area contributed by atoms with Crippen LogP contribution in [-0.4, -0.2) is 60.3 Å². The maximum Gasteiger partial charge on any atom is 0.188 e. The Morgan fingerprint density at radius 2 is 1.93 bits per heavy atom. The molecule has 2 saturated heterocycles. The Balaban J connectivity index is 1.29. The molecule has 0 atom stereocenters. The molecule has 0 bridgehead atoms. The fraction of sp³-hybridized carbons (Fsp3) is 0.364. The molecule has 0 saturated carbocycles. The number of benzene rings is 1. The summed E-state index contributed by atoms with van der Waals surface area (Å²) >= 11 is 1.42. The van der Waals surface area contributed by atoms with Gasteiger partial charge in [-0.25, -0.2) is 14.4 Å². The van der Waals surface area contributed by atoms with Gasteiger partial charge in [-0.3, -0.25) is 4.90 Å². The molecule has 156 valence electrons. The number of hydrogen-bond acceptors (Lipinski definition) is 7. The van der Waals surface area contributed by atoms with Crippen LogP contribution in [0.5, 0.6) is 0 Å². The lowest BCUT2D eigenvalue weighted by molar-refractivity contribution is -0.0660. The second kappa shape index (κ2) is 8.29. The molecular formula is C22H24FN5OS. The molecule has 6 nitrogen and oxygen atoms in total. The number of pyridine rings is 1. The first-order valence-electron chi connectivity index (χ1n) is 10.2. The van der Waals surface area contributed by atoms with Crippen molar-refractivity contribution in [1.82, 2.24) is 14.9 Å². The Kier molecular flexibility index (Phi) is 5.37. The predicted molar refractivity (Wildman–Crippen MR) is 118 cm³/mol. The van der Waals surface area contributed by atoms with Crippen molar-refractivity contribution in [2.75, 3.05) is 49.6 Å². The third-order valence-electron chi connectivity index (χ3n) is 5.63. The van der Waals surface area contributed by atoms with Crippen molar-refractivity contribution in [2.45, 2.75) is 13.0 Å².